The SMILES string of the molecule is CC/C=C/CCCCC(C)CN(CC(=O)[O-])CC(C)CCCC/C=C/CC.[Na+]. The monoisotopic (exact) mass is 401 g/mol. The molecule has 0 fully saturated rings. The predicted octanol–water partition coefficient (Wildman–Crippen LogP) is 2.37. The van der Waals surface area contributed by atoms with Crippen LogP contribution in [-0.4, -0.2) is 30.5 Å². The van der Waals surface area contributed by atoms with E-state index in [0.29, 0.717) is 11.8 Å². The quantitative estimate of drug-likeness (QED) is 0.201. The van der Waals surface area contributed by atoms with Gasteiger partial charge in [-0.3, -0.25) is 4.90 Å². The van der Waals surface area contributed by atoms with Crippen molar-refractivity contribution in [1.82, 2.24) is 4.90 Å². The first-order valence-electron chi connectivity index (χ1n) is 11.2. The number of aliphatic carboxylic acids is 1. The Bertz CT molecular complexity index is 379. The van der Waals surface area contributed by atoms with E-state index in [1.54, 1.807) is 0 Å². The predicted molar refractivity (Wildman–Crippen MR) is 116 cm³/mol. The molecule has 0 aromatic rings. The molecule has 0 saturated heterocycles. The van der Waals surface area contributed by atoms with Crippen molar-refractivity contribution in [3.63, 3.8) is 0 Å². The Morgan fingerprint density at radius 2 is 1.25 bits per heavy atom. The Morgan fingerprint density at radius 1 is 0.821 bits per heavy atom. The van der Waals surface area contributed by atoms with Crippen molar-refractivity contribution in [1.29, 1.82) is 0 Å². The molecule has 3 nitrogen and oxygen atoms in total. The Kier molecular flexibility index (Phi) is 23.2. The van der Waals surface area contributed by atoms with Crippen molar-refractivity contribution in [3.8, 4) is 0 Å². The minimum absolute atomic E-state index is 0. The second-order valence-electron chi connectivity index (χ2n) is 8.10. The minimum atomic E-state index is -0.955. The molecule has 158 valence electrons. The molecule has 2 atom stereocenters. The number of rotatable bonds is 18. The molecule has 0 amide bonds. The maximum absolute atomic E-state index is 11.1. The van der Waals surface area contributed by atoms with E-state index < -0.39 is 5.97 Å². The van der Waals surface area contributed by atoms with Crippen LogP contribution in [0.15, 0.2) is 24.3 Å². The molecule has 0 heterocycles. The maximum Gasteiger partial charge on any atom is 1.00 e. The van der Waals surface area contributed by atoms with E-state index in [4.69, 9.17) is 0 Å². The first kappa shape index (κ1) is 30.1. The van der Waals surface area contributed by atoms with Crippen molar-refractivity contribution in [2.45, 2.75) is 91.9 Å². The topological polar surface area (TPSA) is 43.4 Å². The Balaban J connectivity index is 0. The Morgan fingerprint density at radius 3 is 1.61 bits per heavy atom. The number of allylic oxidation sites excluding steroid dienone is 4. The molecular weight excluding hydrogens is 357 g/mol. The van der Waals surface area contributed by atoms with E-state index in [9.17, 15) is 9.90 Å². The average Bonchev–Trinajstić information content (AvgIpc) is 2.60. The summed E-state index contributed by atoms with van der Waals surface area (Å²) in [5, 5.41) is 11.1. The standard InChI is InChI=1S/C24H45NO2.Na/c1-5-7-9-11-13-15-17-22(3)19-25(21-24(26)27)20-23(4)18-16-14-12-10-8-6-2;/h7-10,22-23H,5-6,11-21H2,1-4H3,(H,26,27);/q;+1/p-1/b9-7+,10-8+;. The van der Waals surface area contributed by atoms with E-state index in [1.807, 2.05) is 0 Å². The van der Waals surface area contributed by atoms with E-state index in [1.165, 1.54) is 38.5 Å². The summed E-state index contributed by atoms with van der Waals surface area (Å²) < 4.78 is 0. The number of unbranched alkanes of at least 4 members (excludes halogenated alkanes) is 4. The van der Waals surface area contributed by atoms with E-state index in [0.717, 1.165) is 38.8 Å². The van der Waals surface area contributed by atoms with Crippen molar-refractivity contribution in [2.24, 2.45) is 11.8 Å². The zero-order chi connectivity index (χ0) is 20.3. The van der Waals surface area contributed by atoms with Crippen LogP contribution < -0.4 is 34.7 Å². The van der Waals surface area contributed by atoms with Crippen molar-refractivity contribution < 1.29 is 39.5 Å². The first-order chi connectivity index (χ1) is 13.0. The van der Waals surface area contributed by atoms with Gasteiger partial charge in [-0.05, 0) is 63.2 Å². The van der Waals surface area contributed by atoms with Gasteiger partial charge in [0, 0.05) is 19.6 Å². The molecule has 2 unspecified atom stereocenters. The van der Waals surface area contributed by atoms with Gasteiger partial charge in [0.05, 0.1) is 5.97 Å². The third-order valence-corrected chi connectivity index (χ3v) is 4.93. The number of carbonyl (C=O) groups is 1. The first-order valence-corrected chi connectivity index (χ1v) is 11.2. The summed E-state index contributed by atoms with van der Waals surface area (Å²) in [4.78, 5) is 13.2. The zero-order valence-corrected chi connectivity index (χ0v) is 21.4. The van der Waals surface area contributed by atoms with Crippen LogP contribution in [0.2, 0.25) is 0 Å². The van der Waals surface area contributed by atoms with Crippen LogP contribution in [0, 0.1) is 11.8 Å². The summed E-state index contributed by atoms with van der Waals surface area (Å²) in [6, 6.07) is 0. The molecule has 0 rings (SSSR count). The summed E-state index contributed by atoms with van der Waals surface area (Å²) in [5.41, 5.74) is 0. The number of carboxylic acids is 1. The summed E-state index contributed by atoms with van der Waals surface area (Å²) in [6.45, 7) is 10.6. The third-order valence-electron chi connectivity index (χ3n) is 4.93. The van der Waals surface area contributed by atoms with Crippen molar-refractivity contribution in [2.75, 3.05) is 19.6 Å². The fraction of sp³-hybridized carbons (Fsp3) is 0.792. The van der Waals surface area contributed by atoms with Gasteiger partial charge in [-0.25, -0.2) is 0 Å². The Labute approximate surface area is 197 Å². The molecule has 0 saturated carbocycles. The van der Waals surface area contributed by atoms with Gasteiger partial charge in [-0.15, -0.1) is 0 Å². The van der Waals surface area contributed by atoms with E-state index in [-0.39, 0.29) is 36.1 Å². The zero-order valence-electron chi connectivity index (χ0n) is 19.4. The molecule has 0 bridgehead atoms. The summed E-state index contributed by atoms with van der Waals surface area (Å²) in [5.74, 6) is 0.112. The molecule has 0 aliphatic rings. The second kappa shape index (κ2) is 21.6. The normalized spacial score (nSPS) is 13.9. The fourth-order valence-electron chi connectivity index (χ4n) is 3.53. The Hall–Kier alpha value is -0.0900. The number of nitrogens with zero attached hydrogens (tertiary/aromatic N) is 1. The second-order valence-corrected chi connectivity index (χ2v) is 8.10. The van der Waals surface area contributed by atoms with Gasteiger partial charge < -0.3 is 9.90 Å². The van der Waals surface area contributed by atoms with Gasteiger partial charge in [0.2, 0.25) is 0 Å². The van der Waals surface area contributed by atoms with Crippen molar-refractivity contribution >= 4 is 5.97 Å². The largest absolute Gasteiger partial charge is 1.00 e. The molecule has 0 spiro atoms. The molecule has 0 radical (unpaired) electrons. The summed E-state index contributed by atoms with van der Waals surface area (Å²) in [7, 11) is 0. The molecule has 0 aliphatic carbocycles. The molecular formula is C24H44NNaO2. The van der Waals surface area contributed by atoms with Crippen LogP contribution in [0.4, 0.5) is 0 Å². The third kappa shape index (κ3) is 20.6. The van der Waals surface area contributed by atoms with E-state index in [2.05, 4.69) is 56.9 Å². The molecule has 0 aliphatic heterocycles. The van der Waals surface area contributed by atoms with Crippen LogP contribution in [0.25, 0.3) is 0 Å². The summed E-state index contributed by atoms with van der Waals surface area (Å²) >= 11 is 0. The fourth-order valence-corrected chi connectivity index (χ4v) is 3.53. The smallest absolute Gasteiger partial charge is 0.549 e. The maximum atomic E-state index is 11.1. The number of hydrogen-bond donors (Lipinski definition) is 0. The minimum Gasteiger partial charge on any atom is -0.549 e. The average molecular weight is 402 g/mol. The van der Waals surface area contributed by atoms with Gasteiger partial charge in [0.25, 0.3) is 0 Å². The van der Waals surface area contributed by atoms with Gasteiger partial charge in [0.15, 0.2) is 0 Å². The van der Waals surface area contributed by atoms with Crippen LogP contribution in [0.5, 0.6) is 0 Å². The van der Waals surface area contributed by atoms with Crippen LogP contribution >= 0.6 is 0 Å². The molecule has 0 aromatic heterocycles. The van der Waals surface area contributed by atoms with Gasteiger partial charge in [0.1, 0.15) is 0 Å². The number of carboxylic acid groups (broad SMARTS) is 1. The van der Waals surface area contributed by atoms with Crippen LogP contribution in [-0.2, 0) is 4.79 Å². The van der Waals surface area contributed by atoms with E-state index >= 15 is 0 Å². The van der Waals surface area contributed by atoms with Crippen LogP contribution in [0.1, 0.15) is 91.9 Å². The molecule has 28 heavy (non-hydrogen) atoms. The molecule has 0 aromatic carbocycles. The molecule has 0 N–H and O–H groups in total. The molecule has 4 heteroatoms. The number of carbonyl (C=O) groups excluding carboxylic acids is 1. The van der Waals surface area contributed by atoms with Gasteiger partial charge in [-0.1, -0.05) is 64.8 Å². The van der Waals surface area contributed by atoms with Gasteiger partial charge in [-0.2, -0.15) is 0 Å². The van der Waals surface area contributed by atoms with Crippen LogP contribution in [0.3, 0.4) is 0 Å². The number of hydrogen-bond acceptors (Lipinski definition) is 3. The van der Waals surface area contributed by atoms with Crippen molar-refractivity contribution in [3.05, 3.63) is 24.3 Å². The van der Waals surface area contributed by atoms with Gasteiger partial charge >= 0.3 is 29.6 Å². The summed E-state index contributed by atoms with van der Waals surface area (Å²) in [6.07, 6.45) is 20.8.